The zero-order valence-electron chi connectivity index (χ0n) is 13.4. The number of nitrogens with zero attached hydrogens (tertiary/aromatic N) is 2. The molecule has 0 spiro atoms. The van der Waals surface area contributed by atoms with Gasteiger partial charge in [0.15, 0.2) is 6.10 Å². The molecule has 1 heterocycles. The molecule has 1 fully saturated rings. The maximum absolute atomic E-state index is 12.8. The van der Waals surface area contributed by atoms with Crippen molar-refractivity contribution in [1.29, 1.82) is 0 Å². The molecule has 2 rings (SSSR count). The molecule has 22 heavy (non-hydrogen) atoms. The Bertz CT molecular complexity index is 456. The lowest BCUT2D eigenvalue weighted by molar-refractivity contribution is -0.146. The minimum atomic E-state index is -0.519. The van der Waals surface area contributed by atoms with Gasteiger partial charge in [-0.1, -0.05) is 30.3 Å². The van der Waals surface area contributed by atoms with E-state index in [1.54, 1.807) is 6.92 Å². The van der Waals surface area contributed by atoms with Gasteiger partial charge in [-0.3, -0.25) is 9.69 Å². The van der Waals surface area contributed by atoms with Crippen LogP contribution in [0.4, 0.5) is 0 Å². The number of rotatable bonds is 6. The highest BCUT2D eigenvalue weighted by molar-refractivity contribution is 5.82. The van der Waals surface area contributed by atoms with Gasteiger partial charge < -0.3 is 14.7 Å². The third-order valence-corrected chi connectivity index (χ3v) is 3.87. The van der Waals surface area contributed by atoms with Crippen molar-refractivity contribution in [1.82, 2.24) is 9.80 Å². The lowest BCUT2D eigenvalue weighted by Crippen LogP contribution is -2.51. The van der Waals surface area contributed by atoms with Crippen LogP contribution in [0.1, 0.15) is 25.5 Å². The standard InChI is InChI=1S/C17H26N2O3/c1-3-22-16(15-7-5-4-6-8-15)17(21)19-11-9-18(10-12-19)13-14(2)20/h4-8,14,16,20H,3,9-13H2,1-2H3. The van der Waals surface area contributed by atoms with Gasteiger partial charge in [-0.05, 0) is 19.4 Å². The Morgan fingerprint density at radius 3 is 2.41 bits per heavy atom. The molecule has 0 aromatic heterocycles. The molecular weight excluding hydrogens is 280 g/mol. The molecule has 1 saturated heterocycles. The number of hydrogen-bond donors (Lipinski definition) is 1. The zero-order chi connectivity index (χ0) is 15.9. The van der Waals surface area contributed by atoms with Gasteiger partial charge in [0.2, 0.25) is 0 Å². The fraction of sp³-hybridized carbons (Fsp3) is 0.588. The molecular formula is C17H26N2O3. The molecule has 0 aliphatic carbocycles. The minimum absolute atomic E-state index is 0.0322. The first-order valence-corrected chi connectivity index (χ1v) is 7.97. The summed E-state index contributed by atoms with van der Waals surface area (Å²) in [4.78, 5) is 16.8. The fourth-order valence-electron chi connectivity index (χ4n) is 2.79. The summed E-state index contributed by atoms with van der Waals surface area (Å²) in [5, 5.41) is 9.44. The number of aliphatic hydroxyl groups excluding tert-OH is 1. The van der Waals surface area contributed by atoms with E-state index >= 15 is 0 Å². The molecule has 0 bridgehead atoms. The van der Waals surface area contributed by atoms with E-state index in [0.717, 1.165) is 18.7 Å². The molecule has 0 saturated carbocycles. The van der Waals surface area contributed by atoms with Crippen molar-refractivity contribution >= 4 is 5.91 Å². The highest BCUT2D eigenvalue weighted by Crippen LogP contribution is 2.21. The van der Waals surface area contributed by atoms with Crippen molar-refractivity contribution in [3.8, 4) is 0 Å². The van der Waals surface area contributed by atoms with Gasteiger partial charge in [-0.25, -0.2) is 0 Å². The van der Waals surface area contributed by atoms with Crippen molar-refractivity contribution in [3.63, 3.8) is 0 Å². The number of carbonyl (C=O) groups excluding carboxylic acids is 1. The number of ether oxygens (including phenoxy) is 1. The van der Waals surface area contributed by atoms with Crippen LogP contribution in [0.5, 0.6) is 0 Å². The Hall–Kier alpha value is -1.43. The third kappa shape index (κ3) is 4.53. The second kappa shape index (κ2) is 8.27. The van der Waals surface area contributed by atoms with Gasteiger partial charge in [-0.15, -0.1) is 0 Å². The topological polar surface area (TPSA) is 53.0 Å². The SMILES string of the molecule is CCOC(C(=O)N1CCN(CC(C)O)CC1)c1ccccc1. The van der Waals surface area contributed by atoms with Crippen LogP contribution in [0, 0.1) is 0 Å². The van der Waals surface area contributed by atoms with E-state index in [4.69, 9.17) is 4.74 Å². The van der Waals surface area contributed by atoms with E-state index in [1.165, 1.54) is 0 Å². The molecule has 5 heteroatoms. The highest BCUT2D eigenvalue weighted by atomic mass is 16.5. The maximum atomic E-state index is 12.8. The van der Waals surface area contributed by atoms with Crippen molar-refractivity contribution in [3.05, 3.63) is 35.9 Å². The van der Waals surface area contributed by atoms with Crippen LogP contribution in [0.15, 0.2) is 30.3 Å². The maximum Gasteiger partial charge on any atom is 0.256 e. The molecule has 0 radical (unpaired) electrons. The Balaban J connectivity index is 1.97. The van der Waals surface area contributed by atoms with E-state index in [-0.39, 0.29) is 12.0 Å². The summed E-state index contributed by atoms with van der Waals surface area (Å²) >= 11 is 0. The number of β-amino-alcohol motifs (C(OH)–C–C–N with tert-alkyl or cyclic N) is 1. The Morgan fingerprint density at radius 2 is 1.86 bits per heavy atom. The van der Waals surface area contributed by atoms with Crippen molar-refractivity contribution in [2.24, 2.45) is 0 Å². The van der Waals surface area contributed by atoms with Crippen LogP contribution in [0.3, 0.4) is 0 Å². The van der Waals surface area contributed by atoms with Crippen LogP contribution in [-0.2, 0) is 9.53 Å². The third-order valence-electron chi connectivity index (χ3n) is 3.87. The molecule has 122 valence electrons. The van der Waals surface area contributed by atoms with E-state index in [1.807, 2.05) is 42.2 Å². The van der Waals surface area contributed by atoms with Crippen molar-refractivity contribution < 1.29 is 14.6 Å². The monoisotopic (exact) mass is 306 g/mol. The van der Waals surface area contributed by atoms with Crippen molar-refractivity contribution in [2.45, 2.75) is 26.1 Å². The fourth-order valence-corrected chi connectivity index (χ4v) is 2.79. The minimum Gasteiger partial charge on any atom is -0.392 e. The first kappa shape index (κ1) is 16.9. The Labute approximate surface area is 132 Å². The summed E-state index contributed by atoms with van der Waals surface area (Å²) in [5.41, 5.74) is 0.903. The first-order chi connectivity index (χ1) is 10.6. The molecule has 1 aromatic carbocycles. The molecule has 1 aliphatic rings. The zero-order valence-corrected chi connectivity index (χ0v) is 13.4. The molecule has 1 aromatic rings. The average molecular weight is 306 g/mol. The quantitative estimate of drug-likeness (QED) is 0.860. The van der Waals surface area contributed by atoms with E-state index in [9.17, 15) is 9.90 Å². The lowest BCUT2D eigenvalue weighted by atomic mass is 10.1. The van der Waals surface area contributed by atoms with Gasteiger partial charge >= 0.3 is 0 Å². The number of aliphatic hydroxyl groups is 1. The van der Waals surface area contributed by atoms with Crippen molar-refractivity contribution in [2.75, 3.05) is 39.3 Å². The molecule has 1 N–H and O–H groups in total. The summed E-state index contributed by atoms with van der Waals surface area (Å²) in [6.07, 6.45) is -0.850. The Kier molecular flexibility index (Phi) is 6.36. The molecule has 2 atom stereocenters. The van der Waals surface area contributed by atoms with Crippen LogP contribution < -0.4 is 0 Å². The predicted molar refractivity (Wildman–Crippen MR) is 85.5 cm³/mol. The van der Waals surface area contributed by atoms with E-state index < -0.39 is 6.10 Å². The molecule has 2 unspecified atom stereocenters. The number of carbonyl (C=O) groups is 1. The van der Waals surface area contributed by atoms with Gasteiger partial charge in [0.1, 0.15) is 0 Å². The lowest BCUT2D eigenvalue weighted by Gasteiger charge is -2.36. The summed E-state index contributed by atoms with van der Waals surface area (Å²) < 4.78 is 5.69. The number of amides is 1. The van der Waals surface area contributed by atoms with E-state index in [2.05, 4.69) is 4.90 Å². The van der Waals surface area contributed by atoms with E-state index in [0.29, 0.717) is 26.2 Å². The molecule has 1 aliphatic heterocycles. The second-order valence-corrected chi connectivity index (χ2v) is 5.72. The molecule has 5 nitrogen and oxygen atoms in total. The predicted octanol–water partition coefficient (Wildman–Crippen LogP) is 1.29. The average Bonchev–Trinajstić information content (AvgIpc) is 2.53. The summed E-state index contributed by atoms with van der Waals surface area (Å²) in [6, 6.07) is 9.65. The number of hydrogen-bond acceptors (Lipinski definition) is 4. The normalized spacial score (nSPS) is 19.0. The summed E-state index contributed by atoms with van der Waals surface area (Å²) in [7, 11) is 0. The van der Waals surface area contributed by atoms with Crippen LogP contribution in [0.25, 0.3) is 0 Å². The largest absolute Gasteiger partial charge is 0.392 e. The Morgan fingerprint density at radius 1 is 1.23 bits per heavy atom. The number of piperazine rings is 1. The van der Waals surface area contributed by atoms with Crippen LogP contribution in [0.2, 0.25) is 0 Å². The van der Waals surface area contributed by atoms with Gasteiger partial charge in [-0.2, -0.15) is 0 Å². The van der Waals surface area contributed by atoms with Crippen LogP contribution in [-0.4, -0.2) is 66.2 Å². The summed E-state index contributed by atoms with van der Waals surface area (Å²) in [5.74, 6) is 0.0322. The second-order valence-electron chi connectivity index (χ2n) is 5.72. The van der Waals surface area contributed by atoms with Gasteiger partial charge in [0, 0.05) is 39.3 Å². The summed E-state index contributed by atoms with van der Waals surface area (Å²) in [6.45, 7) is 7.82. The number of benzene rings is 1. The molecule has 1 amide bonds. The van der Waals surface area contributed by atoms with Crippen LogP contribution >= 0.6 is 0 Å². The van der Waals surface area contributed by atoms with Gasteiger partial charge in [0.05, 0.1) is 6.10 Å². The van der Waals surface area contributed by atoms with Gasteiger partial charge in [0.25, 0.3) is 5.91 Å². The highest BCUT2D eigenvalue weighted by Gasteiger charge is 2.29. The first-order valence-electron chi connectivity index (χ1n) is 7.97. The smallest absolute Gasteiger partial charge is 0.256 e.